The van der Waals surface area contributed by atoms with Crippen molar-refractivity contribution in [2.45, 2.75) is 4.87 Å². The van der Waals surface area contributed by atoms with E-state index in [2.05, 4.69) is 83.2 Å². The zero-order valence-electron chi connectivity index (χ0n) is 24.9. The predicted octanol–water partition coefficient (Wildman–Crippen LogP) is 7.27. The molecule has 0 unspecified atom stereocenters. The number of imidazole rings is 2. The Bertz CT molecular complexity index is 1860. The van der Waals surface area contributed by atoms with Crippen molar-refractivity contribution < 1.29 is 39.8 Å². The minimum absolute atomic E-state index is 0. The molecule has 5 aromatic carbocycles. The largest absolute Gasteiger partial charge is 1.00 e. The van der Waals surface area contributed by atoms with Gasteiger partial charge in [-0.15, -0.1) is 11.6 Å². The molecule has 0 spiro atoms. The third kappa shape index (κ3) is 7.33. The normalized spacial score (nSPS) is 10.8. The van der Waals surface area contributed by atoms with Gasteiger partial charge in [-0.25, -0.2) is 18.7 Å². The zero-order chi connectivity index (χ0) is 30.4. The fraction of sp³-hybridized carbons (Fsp3) is 0.0588. The first-order chi connectivity index (χ1) is 20.8. The van der Waals surface area contributed by atoms with E-state index in [4.69, 9.17) is 11.6 Å². The van der Waals surface area contributed by atoms with Crippen LogP contribution in [-0.4, -0.2) is 19.5 Å². The van der Waals surface area contributed by atoms with E-state index >= 15 is 0 Å². The van der Waals surface area contributed by atoms with E-state index in [0.29, 0.717) is 31.0 Å². The average molecular weight is 747 g/mol. The number of H-pyrrole nitrogens is 1. The second kappa shape index (κ2) is 15.4. The Hall–Kier alpha value is -2.85. The summed E-state index contributed by atoms with van der Waals surface area (Å²) in [5.41, 5.74) is 5.55. The number of aryl methyl sites for hydroxylation is 1. The van der Waals surface area contributed by atoms with Gasteiger partial charge in [-0.05, 0) is 72.8 Å². The summed E-state index contributed by atoms with van der Waals surface area (Å²) < 4.78 is 29.1. The number of aromatic nitrogens is 4. The number of hydrogen-bond donors (Lipinski definition) is 1. The van der Waals surface area contributed by atoms with Gasteiger partial charge in [-0.1, -0.05) is 91.0 Å². The summed E-state index contributed by atoms with van der Waals surface area (Å²) in [4.78, 5) is 10.0. The van der Waals surface area contributed by atoms with Gasteiger partial charge in [0.1, 0.15) is 15.9 Å². The van der Waals surface area contributed by atoms with Crippen LogP contribution in [-0.2, 0) is 11.9 Å². The number of fused-ring (bicyclic) bond motifs is 2. The molecule has 0 atom stereocenters. The minimum Gasteiger partial charge on any atom is -1.00 e. The first kappa shape index (κ1) is 34.0. The molecule has 0 aliphatic heterocycles. The summed E-state index contributed by atoms with van der Waals surface area (Å²) in [5, 5.41) is 0. The van der Waals surface area contributed by atoms with Crippen molar-refractivity contribution in [3.63, 3.8) is 0 Å². The molecule has 0 bridgehead atoms. The monoisotopic (exact) mass is 744 g/mol. The molecule has 4 nitrogen and oxygen atoms in total. The maximum atomic E-state index is 13.4. The molecule has 7 rings (SSSR count). The third-order valence-corrected chi connectivity index (χ3v) is 8.65. The molecule has 0 amide bonds. The number of halogens is 5. The van der Waals surface area contributed by atoms with Crippen molar-refractivity contribution >= 4 is 65.5 Å². The summed E-state index contributed by atoms with van der Waals surface area (Å²) in [7, 11) is 1.77. The second-order valence-corrected chi connectivity index (χ2v) is 11.8. The van der Waals surface area contributed by atoms with Crippen molar-refractivity contribution in [3.05, 3.63) is 165 Å². The molecule has 2 aromatic heterocycles. The second-order valence-electron chi connectivity index (χ2n) is 9.50. The number of alkyl halides is 1. The van der Waals surface area contributed by atoms with Gasteiger partial charge in [0, 0.05) is 7.05 Å². The van der Waals surface area contributed by atoms with Gasteiger partial charge < -0.3 is 11.0 Å². The van der Waals surface area contributed by atoms with Gasteiger partial charge in [0.25, 0.3) is 0 Å². The predicted molar refractivity (Wildman–Crippen MR) is 178 cm³/mol. The van der Waals surface area contributed by atoms with Crippen LogP contribution in [0.1, 0.15) is 18.1 Å². The van der Waals surface area contributed by atoms with E-state index in [1.54, 1.807) is 42.2 Å². The van der Waals surface area contributed by atoms with Crippen LogP contribution in [0.25, 0.3) is 22.1 Å². The van der Waals surface area contributed by atoms with Crippen LogP contribution in [0, 0.1) is 11.6 Å². The number of aromatic amines is 1. The molecule has 0 aliphatic rings. The minimum atomic E-state index is -0.649. The van der Waals surface area contributed by atoms with Crippen LogP contribution in [0.5, 0.6) is 0 Å². The van der Waals surface area contributed by atoms with Gasteiger partial charge >= 0.3 is 29.6 Å². The van der Waals surface area contributed by atoms with Crippen molar-refractivity contribution in [2.75, 3.05) is 0 Å². The number of hydrogen-bond acceptors (Lipinski definition) is 2. The van der Waals surface area contributed by atoms with Gasteiger partial charge in [0.05, 0.1) is 32.6 Å². The van der Waals surface area contributed by atoms with E-state index in [1.165, 1.54) is 6.33 Å². The van der Waals surface area contributed by atoms with Crippen LogP contribution in [0.4, 0.5) is 8.78 Å². The van der Waals surface area contributed by atoms with Gasteiger partial charge in [-0.2, -0.15) is 0 Å². The summed E-state index contributed by atoms with van der Waals surface area (Å²) in [5.74, 6) is -0.573. The van der Waals surface area contributed by atoms with Crippen LogP contribution >= 0.6 is 43.5 Å². The molecule has 44 heavy (non-hydrogen) atoms. The van der Waals surface area contributed by atoms with E-state index in [0.717, 1.165) is 16.7 Å². The Morgan fingerprint density at radius 1 is 0.705 bits per heavy atom. The molecule has 0 saturated heterocycles. The molecule has 10 heteroatoms. The fourth-order valence-electron chi connectivity index (χ4n) is 4.63. The molecule has 1 N–H and O–H groups in total. The summed E-state index contributed by atoms with van der Waals surface area (Å²) in [6.45, 7) is 0. The van der Waals surface area contributed by atoms with Gasteiger partial charge in [-0.3, -0.25) is 0 Å². The van der Waals surface area contributed by atoms with Crippen molar-refractivity contribution in [2.24, 2.45) is 7.05 Å². The molecule has 7 aromatic rings. The van der Waals surface area contributed by atoms with Crippen LogP contribution in [0.15, 0.2) is 137 Å². The summed E-state index contributed by atoms with van der Waals surface area (Å²) in [6, 6.07) is 37.5. The van der Waals surface area contributed by atoms with Crippen LogP contribution in [0.3, 0.4) is 0 Å². The summed E-state index contributed by atoms with van der Waals surface area (Å²) in [6.07, 6.45) is 3.07. The number of nitrogens with one attached hydrogen (secondary N) is 1. The van der Waals surface area contributed by atoms with E-state index in [9.17, 15) is 8.78 Å². The Kier molecular flexibility index (Phi) is 11.9. The third-order valence-electron chi connectivity index (χ3n) is 6.77. The molecule has 0 radical (unpaired) electrons. The first-order valence-electron chi connectivity index (χ1n) is 13.2. The molecular formula is C34H26Br2ClF2N4Na. The smallest absolute Gasteiger partial charge is 1.00 e. The fourth-order valence-corrected chi connectivity index (χ4v) is 5.65. The number of rotatable bonds is 3. The SMILES string of the molecule is ClC(c1ccccc1)(c1ccccc1)c1ccccc1.Cn1cnc2ccc(Br)c(F)c21.Fc1c(Br)ccc2[nH]cnc12.[H-].[Na+]. The van der Waals surface area contributed by atoms with Crippen molar-refractivity contribution in [3.8, 4) is 0 Å². The average Bonchev–Trinajstić information content (AvgIpc) is 3.70. The Morgan fingerprint density at radius 2 is 1.18 bits per heavy atom. The molecular weight excluding hydrogens is 721 g/mol. The van der Waals surface area contributed by atoms with E-state index in [1.807, 2.05) is 54.6 Å². The molecule has 0 saturated carbocycles. The Labute approximate surface area is 299 Å². The van der Waals surface area contributed by atoms with Gasteiger partial charge in [0.2, 0.25) is 0 Å². The molecule has 0 fully saturated rings. The quantitative estimate of drug-likeness (QED) is 0.118. The van der Waals surface area contributed by atoms with Crippen molar-refractivity contribution in [1.82, 2.24) is 19.5 Å². The Morgan fingerprint density at radius 3 is 1.70 bits per heavy atom. The topological polar surface area (TPSA) is 46.5 Å². The molecule has 218 valence electrons. The summed E-state index contributed by atoms with van der Waals surface area (Å²) >= 11 is 13.3. The zero-order valence-corrected chi connectivity index (χ0v) is 29.8. The van der Waals surface area contributed by atoms with E-state index < -0.39 is 4.87 Å². The maximum Gasteiger partial charge on any atom is 1.00 e. The number of nitrogens with zero attached hydrogens (tertiary/aromatic N) is 3. The standard InChI is InChI=1S/C19H15Cl.C8H6BrFN2.C7H4BrFN2.Na.H/c20-19(16-10-4-1-5-11-16,17-12-6-2-7-13-17)18-14-8-3-9-15-18;1-12-4-11-6-3-2-5(9)7(10)8(6)12;8-4-1-2-5-7(6(4)9)11-3-10-5;;/h1-15H;2-4H,1H3;1-3H,(H,10,11);;/q;;;+1;-1. The number of benzene rings is 5. The molecule has 2 heterocycles. The van der Waals surface area contributed by atoms with Crippen molar-refractivity contribution in [1.29, 1.82) is 0 Å². The maximum absolute atomic E-state index is 13.4. The Balaban J connectivity index is 0.000000191. The first-order valence-corrected chi connectivity index (χ1v) is 15.1. The molecule has 0 aliphatic carbocycles. The van der Waals surface area contributed by atoms with Crippen LogP contribution < -0.4 is 29.6 Å². The van der Waals surface area contributed by atoms with E-state index in [-0.39, 0.29) is 42.6 Å². The van der Waals surface area contributed by atoms with Crippen LogP contribution in [0.2, 0.25) is 0 Å². The van der Waals surface area contributed by atoms with Gasteiger partial charge in [0.15, 0.2) is 11.6 Å².